The predicted molar refractivity (Wildman–Crippen MR) is 80.1 cm³/mol. The van der Waals surface area contributed by atoms with Gasteiger partial charge < -0.3 is 5.32 Å². The molecule has 0 radical (unpaired) electrons. The molecule has 1 atom stereocenters. The summed E-state index contributed by atoms with van der Waals surface area (Å²) < 4.78 is 13.8. The topological polar surface area (TPSA) is 24.9 Å². The lowest BCUT2D eigenvalue weighted by Crippen LogP contribution is -2.08. The Morgan fingerprint density at radius 2 is 2.11 bits per heavy atom. The van der Waals surface area contributed by atoms with E-state index in [1.807, 2.05) is 19.9 Å². The summed E-state index contributed by atoms with van der Waals surface area (Å²) in [7, 11) is 0. The Balaban J connectivity index is 2.20. The molecule has 2 rings (SSSR count). The molecule has 1 heterocycles. The van der Waals surface area contributed by atoms with Gasteiger partial charge in [-0.05, 0) is 59.1 Å². The van der Waals surface area contributed by atoms with Gasteiger partial charge in [-0.3, -0.25) is 0 Å². The molecule has 0 saturated heterocycles. The van der Waals surface area contributed by atoms with Crippen LogP contribution >= 0.6 is 27.5 Å². The van der Waals surface area contributed by atoms with Crippen LogP contribution in [0, 0.1) is 12.7 Å². The van der Waals surface area contributed by atoms with Gasteiger partial charge in [-0.1, -0.05) is 17.7 Å². The molecule has 0 aliphatic heterocycles. The molecule has 0 spiro atoms. The highest BCUT2D eigenvalue weighted by molar-refractivity contribution is 9.10. The molecule has 1 aromatic heterocycles. The molecular weight excluding hydrogens is 331 g/mol. The summed E-state index contributed by atoms with van der Waals surface area (Å²) in [6.45, 7) is 3.94. The van der Waals surface area contributed by atoms with Crippen LogP contribution < -0.4 is 5.32 Å². The van der Waals surface area contributed by atoms with Crippen molar-refractivity contribution in [3.8, 4) is 0 Å². The average Bonchev–Trinajstić information content (AvgIpc) is 2.33. The van der Waals surface area contributed by atoms with Crippen molar-refractivity contribution in [1.29, 1.82) is 0 Å². The Labute approximate surface area is 125 Å². The first-order chi connectivity index (χ1) is 8.97. The van der Waals surface area contributed by atoms with Gasteiger partial charge in [-0.2, -0.15) is 0 Å². The van der Waals surface area contributed by atoms with E-state index in [2.05, 4.69) is 26.2 Å². The van der Waals surface area contributed by atoms with Crippen molar-refractivity contribution in [2.24, 2.45) is 0 Å². The maximum absolute atomic E-state index is 13.0. The predicted octanol–water partition coefficient (Wildman–Crippen LogP) is 5.12. The summed E-state index contributed by atoms with van der Waals surface area (Å²) in [5, 5.41) is 3.71. The minimum Gasteiger partial charge on any atom is -0.377 e. The van der Waals surface area contributed by atoms with Crippen LogP contribution in [0.1, 0.15) is 24.1 Å². The first-order valence-electron chi connectivity index (χ1n) is 5.81. The third kappa shape index (κ3) is 3.45. The minimum absolute atomic E-state index is 0.0320. The lowest BCUT2D eigenvalue weighted by molar-refractivity contribution is 0.626. The number of benzene rings is 1. The van der Waals surface area contributed by atoms with Crippen LogP contribution in [-0.2, 0) is 0 Å². The summed E-state index contributed by atoms with van der Waals surface area (Å²) in [6.07, 6.45) is 1.74. The van der Waals surface area contributed by atoms with Crippen molar-refractivity contribution in [2.75, 3.05) is 5.32 Å². The molecule has 0 aliphatic rings. The Morgan fingerprint density at radius 3 is 2.74 bits per heavy atom. The van der Waals surface area contributed by atoms with Crippen molar-refractivity contribution in [3.05, 3.63) is 57.0 Å². The van der Waals surface area contributed by atoms with Crippen molar-refractivity contribution in [1.82, 2.24) is 4.98 Å². The van der Waals surface area contributed by atoms with Gasteiger partial charge in [-0.15, -0.1) is 0 Å². The van der Waals surface area contributed by atoms with Gasteiger partial charge in [0, 0.05) is 5.02 Å². The number of pyridine rings is 1. The number of rotatable bonds is 3. The Kier molecular flexibility index (Phi) is 4.42. The number of hydrogen-bond donors (Lipinski definition) is 1. The monoisotopic (exact) mass is 342 g/mol. The highest BCUT2D eigenvalue weighted by Crippen LogP contribution is 2.27. The Bertz CT molecular complexity index is 604. The second kappa shape index (κ2) is 5.88. The highest BCUT2D eigenvalue weighted by atomic mass is 79.9. The zero-order chi connectivity index (χ0) is 14.0. The van der Waals surface area contributed by atoms with E-state index < -0.39 is 0 Å². The minimum atomic E-state index is -0.331. The van der Waals surface area contributed by atoms with E-state index in [4.69, 9.17) is 11.6 Å². The second-order valence-corrected chi connectivity index (χ2v) is 5.52. The van der Waals surface area contributed by atoms with Crippen LogP contribution in [0.25, 0.3) is 0 Å². The van der Waals surface area contributed by atoms with Crippen LogP contribution in [0.5, 0.6) is 0 Å². The Hall–Kier alpha value is -1.13. The van der Waals surface area contributed by atoms with Gasteiger partial charge in [0.15, 0.2) is 0 Å². The van der Waals surface area contributed by atoms with Crippen LogP contribution in [0.3, 0.4) is 0 Å². The number of hydrogen-bond acceptors (Lipinski definition) is 2. The van der Waals surface area contributed by atoms with Crippen LogP contribution in [0.4, 0.5) is 10.1 Å². The second-order valence-electron chi connectivity index (χ2n) is 4.36. The standard InChI is InChI=1S/C14H13BrClFN2/c1-8-5-11(7-18-14(8)15)19-9(2)12-4-3-10(17)6-13(12)16/h3-7,9,19H,1-2H3. The molecule has 0 aliphatic carbocycles. The fraction of sp³-hybridized carbons (Fsp3) is 0.214. The molecule has 5 heteroatoms. The summed E-state index contributed by atoms with van der Waals surface area (Å²) in [5.41, 5.74) is 2.79. The fourth-order valence-electron chi connectivity index (χ4n) is 1.82. The van der Waals surface area contributed by atoms with Gasteiger partial charge in [0.25, 0.3) is 0 Å². The van der Waals surface area contributed by atoms with E-state index in [-0.39, 0.29) is 11.9 Å². The van der Waals surface area contributed by atoms with Gasteiger partial charge in [0.05, 0.1) is 17.9 Å². The van der Waals surface area contributed by atoms with E-state index in [0.717, 1.165) is 21.4 Å². The number of aromatic nitrogens is 1. The zero-order valence-electron chi connectivity index (χ0n) is 10.5. The number of halogens is 3. The normalized spacial score (nSPS) is 12.3. The number of nitrogens with zero attached hydrogens (tertiary/aromatic N) is 1. The van der Waals surface area contributed by atoms with Crippen molar-refractivity contribution in [3.63, 3.8) is 0 Å². The molecule has 2 nitrogen and oxygen atoms in total. The Morgan fingerprint density at radius 1 is 1.37 bits per heavy atom. The van der Waals surface area contributed by atoms with Gasteiger partial charge >= 0.3 is 0 Å². The van der Waals surface area contributed by atoms with Gasteiger partial charge in [-0.25, -0.2) is 9.37 Å². The number of aryl methyl sites for hydroxylation is 1. The number of nitrogens with one attached hydrogen (secondary N) is 1. The van der Waals surface area contributed by atoms with E-state index in [1.54, 1.807) is 12.3 Å². The quantitative estimate of drug-likeness (QED) is 0.783. The third-order valence-corrected chi connectivity index (χ3v) is 3.98. The van der Waals surface area contributed by atoms with Crippen LogP contribution in [0.2, 0.25) is 5.02 Å². The van der Waals surface area contributed by atoms with Gasteiger partial charge in [0.1, 0.15) is 10.4 Å². The van der Waals surface area contributed by atoms with Crippen molar-refractivity contribution < 1.29 is 4.39 Å². The molecule has 0 bridgehead atoms. The summed E-state index contributed by atoms with van der Waals surface area (Å²) >= 11 is 9.40. The number of anilines is 1. The lowest BCUT2D eigenvalue weighted by atomic mass is 10.1. The highest BCUT2D eigenvalue weighted by Gasteiger charge is 2.11. The average molecular weight is 344 g/mol. The SMILES string of the molecule is Cc1cc(NC(C)c2ccc(F)cc2Cl)cnc1Br. The molecule has 0 saturated carbocycles. The summed E-state index contributed by atoms with van der Waals surface area (Å²) in [5.74, 6) is -0.331. The van der Waals surface area contributed by atoms with Crippen molar-refractivity contribution >= 4 is 33.2 Å². The molecule has 100 valence electrons. The smallest absolute Gasteiger partial charge is 0.124 e. The molecule has 0 amide bonds. The molecule has 2 aromatic rings. The first-order valence-corrected chi connectivity index (χ1v) is 6.98. The maximum Gasteiger partial charge on any atom is 0.124 e. The lowest BCUT2D eigenvalue weighted by Gasteiger charge is -2.17. The van der Waals surface area contributed by atoms with E-state index >= 15 is 0 Å². The molecule has 1 aromatic carbocycles. The van der Waals surface area contributed by atoms with E-state index in [1.165, 1.54) is 12.1 Å². The molecule has 19 heavy (non-hydrogen) atoms. The summed E-state index contributed by atoms with van der Waals surface area (Å²) in [4.78, 5) is 4.22. The third-order valence-electron chi connectivity index (χ3n) is 2.83. The van der Waals surface area contributed by atoms with Gasteiger partial charge in [0.2, 0.25) is 0 Å². The fourth-order valence-corrected chi connectivity index (χ4v) is 2.37. The van der Waals surface area contributed by atoms with Crippen molar-refractivity contribution in [2.45, 2.75) is 19.9 Å². The maximum atomic E-state index is 13.0. The van der Waals surface area contributed by atoms with E-state index in [0.29, 0.717) is 5.02 Å². The zero-order valence-corrected chi connectivity index (χ0v) is 12.9. The summed E-state index contributed by atoms with van der Waals surface area (Å²) in [6, 6.07) is 6.37. The largest absolute Gasteiger partial charge is 0.377 e. The van der Waals surface area contributed by atoms with Crippen LogP contribution in [0.15, 0.2) is 35.1 Å². The van der Waals surface area contributed by atoms with E-state index in [9.17, 15) is 4.39 Å². The van der Waals surface area contributed by atoms with Crippen LogP contribution in [-0.4, -0.2) is 4.98 Å². The molecule has 1 unspecified atom stereocenters. The molecule has 1 N–H and O–H groups in total. The first kappa shape index (κ1) is 14.3. The molecular formula is C14H13BrClFN2. The molecule has 0 fully saturated rings.